The molecule has 5 heteroatoms. The molecule has 1 radical (unpaired) electrons. The summed E-state index contributed by atoms with van der Waals surface area (Å²) in [6.07, 6.45) is 6.38. The number of nitrogens with zero attached hydrogens (tertiary/aromatic N) is 2. The number of benzene rings is 2. The van der Waals surface area contributed by atoms with E-state index in [1.54, 1.807) is 12.3 Å². The summed E-state index contributed by atoms with van der Waals surface area (Å²) in [5.74, 6) is 1.27. The smallest absolute Gasteiger partial charge is 0.0949 e. The van der Waals surface area contributed by atoms with Gasteiger partial charge in [-0.05, 0) is 47.4 Å². The van der Waals surface area contributed by atoms with Crippen molar-refractivity contribution in [2.24, 2.45) is 0 Å². The zero-order valence-corrected chi connectivity index (χ0v) is 16.2. The first-order valence-electron chi connectivity index (χ1n) is 7.54. The van der Waals surface area contributed by atoms with E-state index in [9.17, 15) is 0 Å². The predicted octanol–water partition coefficient (Wildman–Crippen LogP) is 6.19. The van der Waals surface area contributed by atoms with Crippen LogP contribution in [0, 0.1) is 5.92 Å². The van der Waals surface area contributed by atoms with Crippen LogP contribution in [-0.2, 0) is 13.0 Å². The molecule has 1 heterocycles. The fraction of sp³-hybridized carbons (Fsp3) is 0.158. The number of hydrogen-bond donors (Lipinski definition) is 0. The maximum Gasteiger partial charge on any atom is 0.0949 e. The average molecular weight is 423 g/mol. The number of aromatic nitrogens is 2. The quantitative estimate of drug-likeness (QED) is 0.479. The molecule has 0 aliphatic carbocycles. The lowest BCUT2D eigenvalue weighted by atomic mass is 9.90. The van der Waals surface area contributed by atoms with Gasteiger partial charge in [0.1, 0.15) is 0 Å². The maximum absolute atomic E-state index is 6.32. The van der Waals surface area contributed by atoms with Crippen LogP contribution >= 0.6 is 39.1 Å². The van der Waals surface area contributed by atoms with Crippen LogP contribution in [0.15, 0.2) is 59.6 Å². The van der Waals surface area contributed by atoms with E-state index < -0.39 is 0 Å². The zero-order valence-electron chi connectivity index (χ0n) is 13.1. The minimum Gasteiger partial charge on any atom is -0.333 e. The van der Waals surface area contributed by atoms with Crippen molar-refractivity contribution in [2.45, 2.75) is 19.9 Å². The molecule has 0 unspecified atom stereocenters. The SMILES string of the molecule is C[C](Cc1ccc(Cl)cc1Cl)c1ccc(Br)cc1Cn1ccnc1. The fourth-order valence-corrected chi connectivity index (χ4v) is 3.62. The summed E-state index contributed by atoms with van der Waals surface area (Å²) in [6, 6.07) is 12.0. The molecule has 0 bridgehead atoms. The van der Waals surface area contributed by atoms with E-state index in [0.717, 1.165) is 23.0 Å². The molecule has 0 aliphatic heterocycles. The summed E-state index contributed by atoms with van der Waals surface area (Å²) >= 11 is 15.9. The summed E-state index contributed by atoms with van der Waals surface area (Å²) < 4.78 is 3.13. The van der Waals surface area contributed by atoms with Crippen LogP contribution in [0.3, 0.4) is 0 Å². The Morgan fingerprint density at radius 3 is 2.67 bits per heavy atom. The Bertz CT molecular complexity index is 831. The second kappa shape index (κ2) is 7.73. The number of halogens is 3. The van der Waals surface area contributed by atoms with Crippen molar-refractivity contribution in [3.63, 3.8) is 0 Å². The topological polar surface area (TPSA) is 17.8 Å². The van der Waals surface area contributed by atoms with E-state index in [2.05, 4.69) is 50.6 Å². The first-order valence-corrected chi connectivity index (χ1v) is 9.08. The standard InChI is InChI=1S/C19H16BrCl2N2/c1-13(8-14-2-4-17(21)10-19(14)22)18-5-3-16(20)9-15(18)11-24-7-6-23-12-24/h2-7,9-10,12H,8,11H2,1H3. The highest BCUT2D eigenvalue weighted by atomic mass is 79.9. The third-order valence-corrected chi connectivity index (χ3v) is 4.99. The van der Waals surface area contributed by atoms with Gasteiger partial charge in [0.05, 0.1) is 6.33 Å². The minimum atomic E-state index is 0.658. The Morgan fingerprint density at radius 1 is 1.12 bits per heavy atom. The van der Waals surface area contributed by atoms with Crippen molar-refractivity contribution in [2.75, 3.05) is 0 Å². The van der Waals surface area contributed by atoms with Crippen molar-refractivity contribution < 1.29 is 0 Å². The summed E-state index contributed by atoms with van der Waals surface area (Å²) in [5.41, 5.74) is 3.55. The van der Waals surface area contributed by atoms with E-state index in [1.807, 2.05) is 24.7 Å². The van der Waals surface area contributed by atoms with Crippen molar-refractivity contribution in [1.82, 2.24) is 9.55 Å². The number of imidazole rings is 1. The van der Waals surface area contributed by atoms with Crippen molar-refractivity contribution in [1.29, 1.82) is 0 Å². The van der Waals surface area contributed by atoms with Gasteiger partial charge in [0.25, 0.3) is 0 Å². The molecular weight excluding hydrogens is 407 g/mol. The maximum atomic E-state index is 6.32. The van der Waals surface area contributed by atoms with Crippen LogP contribution in [-0.4, -0.2) is 9.55 Å². The molecular formula is C19H16BrCl2N2. The van der Waals surface area contributed by atoms with Crippen LogP contribution in [0.1, 0.15) is 23.6 Å². The van der Waals surface area contributed by atoms with E-state index in [1.165, 1.54) is 17.0 Å². The van der Waals surface area contributed by atoms with Crippen LogP contribution < -0.4 is 0 Å². The summed E-state index contributed by atoms with van der Waals surface area (Å²) in [4.78, 5) is 4.12. The second-order valence-electron chi connectivity index (χ2n) is 5.73. The Hall–Kier alpha value is -1.29. The van der Waals surface area contributed by atoms with E-state index in [0.29, 0.717) is 10.0 Å². The summed E-state index contributed by atoms with van der Waals surface area (Å²) in [7, 11) is 0. The summed E-state index contributed by atoms with van der Waals surface area (Å²) in [5, 5.41) is 1.36. The lowest BCUT2D eigenvalue weighted by Crippen LogP contribution is -2.07. The number of hydrogen-bond acceptors (Lipinski definition) is 1. The van der Waals surface area contributed by atoms with Crippen molar-refractivity contribution >= 4 is 39.1 Å². The van der Waals surface area contributed by atoms with Crippen LogP contribution in [0.25, 0.3) is 0 Å². The molecule has 3 rings (SSSR count). The van der Waals surface area contributed by atoms with E-state index in [4.69, 9.17) is 23.2 Å². The van der Waals surface area contributed by atoms with Gasteiger partial charge in [0.2, 0.25) is 0 Å². The van der Waals surface area contributed by atoms with Crippen molar-refractivity contribution in [3.8, 4) is 0 Å². The molecule has 0 saturated heterocycles. The largest absolute Gasteiger partial charge is 0.333 e. The molecule has 24 heavy (non-hydrogen) atoms. The Kier molecular flexibility index (Phi) is 5.65. The Morgan fingerprint density at radius 2 is 1.96 bits per heavy atom. The van der Waals surface area contributed by atoms with Gasteiger partial charge in [0.15, 0.2) is 0 Å². The first kappa shape index (κ1) is 17.5. The summed E-state index contributed by atoms with van der Waals surface area (Å²) in [6.45, 7) is 2.92. The highest BCUT2D eigenvalue weighted by Gasteiger charge is 2.15. The van der Waals surface area contributed by atoms with Gasteiger partial charge >= 0.3 is 0 Å². The highest BCUT2D eigenvalue weighted by Crippen LogP contribution is 2.30. The van der Waals surface area contributed by atoms with Gasteiger partial charge in [0, 0.05) is 39.4 Å². The van der Waals surface area contributed by atoms with Gasteiger partial charge in [-0.1, -0.05) is 58.2 Å². The third kappa shape index (κ3) is 4.21. The lowest BCUT2D eigenvalue weighted by molar-refractivity contribution is 0.785. The molecule has 1 aromatic heterocycles. The van der Waals surface area contributed by atoms with Gasteiger partial charge in [-0.25, -0.2) is 4.98 Å². The van der Waals surface area contributed by atoms with Gasteiger partial charge in [-0.15, -0.1) is 0 Å². The number of rotatable bonds is 5. The molecule has 2 nitrogen and oxygen atoms in total. The van der Waals surface area contributed by atoms with E-state index in [-0.39, 0.29) is 0 Å². The zero-order chi connectivity index (χ0) is 17.1. The molecule has 0 fully saturated rings. The highest BCUT2D eigenvalue weighted by molar-refractivity contribution is 9.10. The second-order valence-corrected chi connectivity index (χ2v) is 7.49. The van der Waals surface area contributed by atoms with Gasteiger partial charge < -0.3 is 4.57 Å². The third-order valence-electron chi connectivity index (χ3n) is 3.91. The predicted molar refractivity (Wildman–Crippen MR) is 104 cm³/mol. The molecule has 0 saturated carbocycles. The van der Waals surface area contributed by atoms with Crippen LogP contribution in [0.5, 0.6) is 0 Å². The fourth-order valence-electron chi connectivity index (χ4n) is 2.73. The molecule has 0 spiro atoms. The monoisotopic (exact) mass is 421 g/mol. The normalized spacial score (nSPS) is 11.2. The molecule has 0 N–H and O–H groups in total. The lowest BCUT2D eigenvalue weighted by Gasteiger charge is -2.18. The molecule has 0 amide bonds. The van der Waals surface area contributed by atoms with E-state index >= 15 is 0 Å². The molecule has 0 aliphatic rings. The molecule has 123 valence electrons. The molecule has 3 aromatic rings. The molecule has 0 atom stereocenters. The van der Waals surface area contributed by atoms with Gasteiger partial charge in [-0.2, -0.15) is 0 Å². The van der Waals surface area contributed by atoms with Crippen molar-refractivity contribution in [3.05, 3.63) is 92.2 Å². The Balaban J connectivity index is 1.87. The van der Waals surface area contributed by atoms with Crippen LogP contribution in [0.2, 0.25) is 10.0 Å². The molecule has 2 aromatic carbocycles. The average Bonchev–Trinajstić information content (AvgIpc) is 3.03. The van der Waals surface area contributed by atoms with Crippen LogP contribution in [0.4, 0.5) is 0 Å². The van der Waals surface area contributed by atoms with Gasteiger partial charge in [-0.3, -0.25) is 0 Å². The Labute approximate surface area is 160 Å². The first-order chi connectivity index (χ1) is 11.5. The minimum absolute atomic E-state index is 0.658.